The number of halogens is 1. The van der Waals surface area contributed by atoms with Crippen LogP contribution < -0.4 is 5.32 Å². The van der Waals surface area contributed by atoms with E-state index in [0.29, 0.717) is 33.8 Å². The molecule has 0 fully saturated rings. The van der Waals surface area contributed by atoms with Gasteiger partial charge in [-0.3, -0.25) is 4.98 Å². The number of aliphatic hydroxyl groups excluding tert-OH is 1. The quantitative estimate of drug-likeness (QED) is 0.446. The molecule has 0 unspecified atom stereocenters. The second-order valence-electron chi connectivity index (χ2n) is 7.11. The maximum atomic E-state index is 9.63. The van der Waals surface area contributed by atoms with Crippen LogP contribution in [0.3, 0.4) is 0 Å². The molecule has 2 N–H and O–H groups in total. The van der Waals surface area contributed by atoms with Crippen LogP contribution in [0.25, 0.3) is 22.2 Å². The van der Waals surface area contributed by atoms with Crippen LogP contribution in [0.1, 0.15) is 31.2 Å². The van der Waals surface area contributed by atoms with E-state index in [1.807, 2.05) is 30.3 Å². The smallest absolute Gasteiger partial charge is 0.156 e. The van der Waals surface area contributed by atoms with Crippen molar-refractivity contribution in [1.82, 2.24) is 15.0 Å². The van der Waals surface area contributed by atoms with Crippen LogP contribution in [0.5, 0.6) is 0 Å². The first-order valence-electron chi connectivity index (χ1n) is 9.44. The number of aliphatic hydroxyl groups is 1. The molecule has 0 amide bonds. The summed E-state index contributed by atoms with van der Waals surface area (Å²) in [5, 5.41) is 14.4. The minimum absolute atomic E-state index is 0.245. The van der Waals surface area contributed by atoms with Gasteiger partial charge in [0.05, 0.1) is 16.2 Å². The lowest BCUT2D eigenvalue weighted by Gasteiger charge is -2.12. The predicted molar refractivity (Wildman–Crippen MR) is 118 cm³/mol. The van der Waals surface area contributed by atoms with Crippen molar-refractivity contribution >= 4 is 34.0 Å². The summed E-state index contributed by atoms with van der Waals surface area (Å²) < 4.78 is 0. The van der Waals surface area contributed by atoms with E-state index in [2.05, 4.69) is 46.2 Å². The van der Waals surface area contributed by atoms with Gasteiger partial charge in [-0.1, -0.05) is 43.6 Å². The SMILES string of the molecule is CC(C)c1ccc(Nc2nc(CO)nc3cc(-c4ncccc4Cl)ccc23)cc1. The number of hydrogen-bond acceptors (Lipinski definition) is 5. The monoisotopic (exact) mass is 404 g/mol. The predicted octanol–water partition coefficient (Wildman–Crippen LogP) is 5.70. The van der Waals surface area contributed by atoms with Crippen molar-refractivity contribution in [2.24, 2.45) is 0 Å². The Balaban J connectivity index is 1.76. The zero-order valence-corrected chi connectivity index (χ0v) is 17.0. The number of aromatic nitrogens is 3. The summed E-state index contributed by atoms with van der Waals surface area (Å²) in [6, 6.07) is 17.7. The lowest BCUT2D eigenvalue weighted by Crippen LogP contribution is -2.02. The van der Waals surface area contributed by atoms with E-state index < -0.39 is 0 Å². The number of nitrogens with one attached hydrogen (secondary N) is 1. The van der Waals surface area contributed by atoms with E-state index in [-0.39, 0.29) is 6.61 Å². The Hall–Kier alpha value is -3.02. The van der Waals surface area contributed by atoms with Crippen LogP contribution in [-0.4, -0.2) is 20.1 Å². The molecule has 2 aromatic heterocycles. The van der Waals surface area contributed by atoms with Gasteiger partial charge in [-0.25, -0.2) is 9.97 Å². The van der Waals surface area contributed by atoms with Gasteiger partial charge in [-0.15, -0.1) is 0 Å². The van der Waals surface area contributed by atoms with E-state index in [9.17, 15) is 5.11 Å². The molecule has 146 valence electrons. The Morgan fingerprint density at radius 3 is 2.52 bits per heavy atom. The Bertz CT molecular complexity index is 1160. The van der Waals surface area contributed by atoms with Crippen LogP contribution in [0.15, 0.2) is 60.8 Å². The van der Waals surface area contributed by atoms with Crippen molar-refractivity contribution in [2.75, 3.05) is 5.32 Å². The molecule has 0 spiro atoms. The molecule has 0 saturated heterocycles. The van der Waals surface area contributed by atoms with Gasteiger partial charge < -0.3 is 10.4 Å². The fourth-order valence-electron chi connectivity index (χ4n) is 3.18. The van der Waals surface area contributed by atoms with Gasteiger partial charge in [0.25, 0.3) is 0 Å². The van der Waals surface area contributed by atoms with Crippen LogP contribution in [0, 0.1) is 0 Å². The normalized spacial score (nSPS) is 11.2. The molecule has 0 bridgehead atoms. The van der Waals surface area contributed by atoms with E-state index in [0.717, 1.165) is 16.6 Å². The summed E-state index contributed by atoms with van der Waals surface area (Å²) in [4.78, 5) is 13.3. The molecule has 0 aliphatic rings. The van der Waals surface area contributed by atoms with Gasteiger partial charge in [-0.2, -0.15) is 0 Å². The van der Waals surface area contributed by atoms with Crippen LogP contribution in [0.4, 0.5) is 11.5 Å². The molecule has 5 nitrogen and oxygen atoms in total. The first kappa shape index (κ1) is 19.3. The molecule has 0 saturated carbocycles. The van der Waals surface area contributed by atoms with Gasteiger partial charge in [0, 0.05) is 22.8 Å². The minimum Gasteiger partial charge on any atom is -0.388 e. The van der Waals surface area contributed by atoms with Crippen molar-refractivity contribution in [3.63, 3.8) is 0 Å². The number of benzene rings is 2. The molecular formula is C23H21ClN4O. The maximum absolute atomic E-state index is 9.63. The summed E-state index contributed by atoms with van der Waals surface area (Å²) in [6.45, 7) is 4.09. The molecule has 0 atom stereocenters. The van der Waals surface area contributed by atoms with E-state index >= 15 is 0 Å². The molecule has 0 aliphatic heterocycles. The van der Waals surface area contributed by atoms with E-state index in [1.54, 1.807) is 18.3 Å². The van der Waals surface area contributed by atoms with Gasteiger partial charge in [-0.05, 0) is 47.9 Å². The van der Waals surface area contributed by atoms with Crippen LogP contribution >= 0.6 is 11.6 Å². The molecule has 0 aliphatic carbocycles. The van der Waals surface area contributed by atoms with Crippen molar-refractivity contribution in [3.05, 3.63) is 77.2 Å². The third-order valence-electron chi connectivity index (χ3n) is 4.76. The average Bonchev–Trinajstić information content (AvgIpc) is 2.74. The van der Waals surface area contributed by atoms with Gasteiger partial charge in [0.1, 0.15) is 12.4 Å². The van der Waals surface area contributed by atoms with Crippen molar-refractivity contribution in [2.45, 2.75) is 26.4 Å². The Kier molecular flexibility index (Phi) is 5.43. The molecule has 2 heterocycles. The molecule has 0 radical (unpaired) electrons. The highest BCUT2D eigenvalue weighted by molar-refractivity contribution is 6.33. The third kappa shape index (κ3) is 4.06. The van der Waals surface area contributed by atoms with Crippen molar-refractivity contribution in [1.29, 1.82) is 0 Å². The number of anilines is 2. The summed E-state index contributed by atoms with van der Waals surface area (Å²) in [5.41, 5.74) is 4.47. The van der Waals surface area contributed by atoms with Crippen molar-refractivity contribution < 1.29 is 5.11 Å². The lowest BCUT2D eigenvalue weighted by molar-refractivity contribution is 0.272. The fourth-order valence-corrected chi connectivity index (χ4v) is 3.41. The molecule has 4 aromatic rings. The number of nitrogens with zero attached hydrogens (tertiary/aromatic N) is 3. The molecule has 29 heavy (non-hydrogen) atoms. The lowest BCUT2D eigenvalue weighted by atomic mass is 10.0. The minimum atomic E-state index is -0.245. The Labute approximate surface area is 174 Å². The Morgan fingerprint density at radius 2 is 1.83 bits per heavy atom. The summed E-state index contributed by atoms with van der Waals surface area (Å²) >= 11 is 6.29. The zero-order valence-electron chi connectivity index (χ0n) is 16.2. The van der Waals surface area contributed by atoms with Crippen molar-refractivity contribution in [3.8, 4) is 11.3 Å². The number of pyridine rings is 1. The van der Waals surface area contributed by atoms with Crippen LogP contribution in [0.2, 0.25) is 5.02 Å². The highest BCUT2D eigenvalue weighted by Gasteiger charge is 2.12. The maximum Gasteiger partial charge on any atom is 0.156 e. The van der Waals surface area contributed by atoms with E-state index in [1.165, 1.54) is 5.56 Å². The zero-order chi connectivity index (χ0) is 20.4. The van der Waals surface area contributed by atoms with Gasteiger partial charge in [0.15, 0.2) is 5.82 Å². The third-order valence-corrected chi connectivity index (χ3v) is 5.06. The standard InChI is InChI=1S/C23H21ClN4O/c1-14(2)15-5-8-17(9-6-15)26-23-18-10-7-16(22-19(24)4-3-11-25-22)12-20(18)27-21(13-29)28-23/h3-12,14,29H,13H2,1-2H3,(H,26,27,28). The number of fused-ring (bicyclic) bond motifs is 1. The summed E-state index contributed by atoms with van der Waals surface area (Å²) in [7, 11) is 0. The summed E-state index contributed by atoms with van der Waals surface area (Å²) in [5.74, 6) is 1.47. The molecule has 6 heteroatoms. The molecule has 2 aromatic carbocycles. The topological polar surface area (TPSA) is 70.9 Å². The van der Waals surface area contributed by atoms with Gasteiger partial charge >= 0.3 is 0 Å². The largest absolute Gasteiger partial charge is 0.388 e. The average molecular weight is 405 g/mol. The fraction of sp³-hybridized carbons (Fsp3) is 0.174. The first-order valence-corrected chi connectivity index (χ1v) is 9.82. The molecule has 4 rings (SSSR count). The highest BCUT2D eigenvalue weighted by atomic mass is 35.5. The number of rotatable bonds is 5. The highest BCUT2D eigenvalue weighted by Crippen LogP contribution is 2.31. The number of hydrogen-bond donors (Lipinski definition) is 2. The molecular weight excluding hydrogens is 384 g/mol. The Morgan fingerprint density at radius 1 is 1.03 bits per heavy atom. The second-order valence-corrected chi connectivity index (χ2v) is 7.52. The van der Waals surface area contributed by atoms with Crippen LogP contribution in [-0.2, 0) is 6.61 Å². The van der Waals surface area contributed by atoms with E-state index in [4.69, 9.17) is 11.6 Å². The second kappa shape index (κ2) is 8.15. The van der Waals surface area contributed by atoms with Gasteiger partial charge in [0.2, 0.25) is 0 Å². The first-order chi connectivity index (χ1) is 14.0. The summed E-state index contributed by atoms with van der Waals surface area (Å²) in [6.07, 6.45) is 1.71.